The Morgan fingerprint density at radius 1 is 1.35 bits per heavy atom. The molecule has 0 spiro atoms. The summed E-state index contributed by atoms with van der Waals surface area (Å²) in [5.41, 5.74) is 0.0641. The Kier molecular flexibility index (Phi) is 3.72. The van der Waals surface area contributed by atoms with Crippen LogP contribution in [0.4, 0.5) is 5.69 Å². The van der Waals surface area contributed by atoms with Crippen molar-refractivity contribution in [2.75, 3.05) is 7.11 Å². The molecule has 0 aliphatic heterocycles. The topological polar surface area (TPSA) is 111 Å². The number of benzene rings is 1. The van der Waals surface area contributed by atoms with Gasteiger partial charge in [0.2, 0.25) is 0 Å². The highest BCUT2D eigenvalue weighted by molar-refractivity contribution is 5.50. The van der Waals surface area contributed by atoms with E-state index in [-0.39, 0.29) is 28.6 Å². The average Bonchev–Trinajstić information content (AvgIpc) is 2.48. The Balaban J connectivity index is 2.39. The second kappa shape index (κ2) is 5.62. The maximum atomic E-state index is 10.7. The standard InChI is InChI=1S/C12H8N4O4/c1-19-11-6-9(16(17)18)2-3-10(11)20-12-8(7-13)4-5-14-15-12/h2-6H,1H3. The first-order valence-electron chi connectivity index (χ1n) is 5.37. The zero-order valence-electron chi connectivity index (χ0n) is 10.3. The normalized spacial score (nSPS) is 9.60. The predicted molar refractivity (Wildman–Crippen MR) is 66.5 cm³/mol. The number of nitrogens with zero attached hydrogens (tertiary/aromatic N) is 4. The molecular weight excluding hydrogens is 264 g/mol. The van der Waals surface area contributed by atoms with Crippen LogP contribution < -0.4 is 9.47 Å². The SMILES string of the molecule is COc1cc([N+](=O)[O-])ccc1Oc1nnccc1C#N. The first-order chi connectivity index (χ1) is 9.65. The maximum Gasteiger partial charge on any atom is 0.273 e. The van der Waals surface area contributed by atoms with Gasteiger partial charge in [-0.15, -0.1) is 5.10 Å². The van der Waals surface area contributed by atoms with Crippen LogP contribution in [0.3, 0.4) is 0 Å². The Morgan fingerprint density at radius 2 is 2.15 bits per heavy atom. The average molecular weight is 272 g/mol. The minimum absolute atomic E-state index is 0.00199. The largest absolute Gasteiger partial charge is 0.493 e. The Hall–Kier alpha value is -3.21. The third-order valence-corrected chi connectivity index (χ3v) is 2.37. The van der Waals surface area contributed by atoms with Crippen LogP contribution in [0.1, 0.15) is 5.56 Å². The number of ether oxygens (including phenoxy) is 2. The number of hydrogen-bond acceptors (Lipinski definition) is 7. The van der Waals surface area contributed by atoms with E-state index in [2.05, 4.69) is 10.2 Å². The minimum atomic E-state index is -0.546. The predicted octanol–water partition coefficient (Wildman–Crippen LogP) is 2.06. The number of rotatable bonds is 4. The van der Waals surface area contributed by atoms with Gasteiger partial charge in [0.15, 0.2) is 11.5 Å². The number of nitro benzene ring substituents is 1. The second-order valence-corrected chi connectivity index (χ2v) is 3.56. The van der Waals surface area contributed by atoms with Gasteiger partial charge in [-0.1, -0.05) is 0 Å². The van der Waals surface area contributed by atoms with E-state index in [9.17, 15) is 10.1 Å². The van der Waals surface area contributed by atoms with E-state index >= 15 is 0 Å². The van der Waals surface area contributed by atoms with Gasteiger partial charge >= 0.3 is 0 Å². The van der Waals surface area contributed by atoms with Crippen molar-refractivity contribution in [3.8, 4) is 23.4 Å². The fraction of sp³-hybridized carbons (Fsp3) is 0.0833. The molecule has 100 valence electrons. The molecule has 0 fully saturated rings. The fourth-order valence-electron chi connectivity index (χ4n) is 1.44. The summed E-state index contributed by atoms with van der Waals surface area (Å²) in [6, 6.07) is 7.20. The lowest BCUT2D eigenvalue weighted by Crippen LogP contribution is -1.97. The lowest BCUT2D eigenvalue weighted by molar-refractivity contribution is -0.384. The van der Waals surface area contributed by atoms with Crippen molar-refractivity contribution in [1.82, 2.24) is 10.2 Å². The summed E-state index contributed by atoms with van der Waals surface area (Å²) in [6.45, 7) is 0. The number of nitro groups is 1. The van der Waals surface area contributed by atoms with Gasteiger partial charge in [-0.25, -0.2) is 0 Å². The lowest BCUT2D eigenvalue weighted by Gasteiger charge is -2.09. The fourth-order valence-corrected chi connectivity index (χ4v) is 1.44. The van der Waals surface area contributed by atoms with E-state index in [1.807, 2.05) is 6.07 Å². The van der Waals surface area contributed by atoms with Crippen molar-refractivity contribution in [1.29, 1.82) is 5.26 Å². The van der Waals surface area contributed by atoms with Gasteiger partial charge in [0.05, 0.1) is 24.3 Å². The van der Waals surface area contributed by atoms with Gasteiger partial charge in [-0.3, -0.25) is 10.1 Å². The van der Waals surface area contributed by atoms with Crippen LogP contribution >= 0.6 is 0 Å². The summed E-state index contributed by atoms with van der Waals surface area (Å²) in [4.78, 5) is 10.1. The van der Waals surface area contributed by atoms with Crippen LogP contribution in [0.2, 0.25) is 0 Å². The summed E-state index contributed by atoms with van der Waals surface area (Å²) >= 11 is 0. The third kappa shape index (κ3) is 2.62. The molecule has 20 heavy (non-hydrogen) atoms. The molecular formula is C12H8N4O4. The zero-order valence-corrected chi connectivity index (χ0v) is 10.3. The van der Waals surface area contributed by atoms with Crippen molar-refractivity contribution in [2.45, 2.75) is 0 Å². The molecule has 0 radical (unpaired) electrons. The second-order valence-electron chi connectivity index (χ2n) is 3.56. The first-order valence-corrected chi connectivity index (χ1v) is 5.37. The molecule has 0 atom stereocenters. The van der Waals surface area contributed by atoms with Crippen molar-refractivity contribution in [3.05, 3.63) is 46.1 Å². The number of non-ortho nitro benzene ring substituents is 1. The van der Waals surface area contributed by atoms with Crippen LogP contribution in [0.25, 0.3) is 0 Å². The van der Waals surface area contributed by atoms with E-state index in [4.69, 9.17) is 14.7 Å². The summed E-state index contributed by atoms with van der Waals surface area (Å²) in [6.07, 6.45) is 1.36. The molecule has 1 aromatic carbocycles. The van der Waals surface area contributed by atoms with E-state index in [1.165, 1.54) is 37.6 Å². The zero-order chi connectivity index (χ0) is 14.5. The Morgan fingerprint density at radius 3 is 2.80 bits per heavy atom. The molecule has 2 aromatic rings. The van der Waals surface area contributed by atoms with Crippen molar-refractivity contribution < 1.29 is 14.4 Å². The number of nitriles is 1. The highest BCUT2D eigenvalue weighted by Gasteiger charge is 2.15. The molecule has 2 rings (SSSR count). The molecule has 0 saturated heterocycles. The van der Waals surface area contributed by atoms with Crippen molar-refractivity contribution in [2.24, 2.45) is 0 Å². The molecule has 0 unspecified atom stereocenters. The number of aromatic nitrogens is 2. The minimum Gasteiger partial charge on any atom is -0.493 e. The van der Waals surface area contributed by atoms with Gasteiger partial charge in [-0.2, -0.15) is 10.4 Å². The number of hydrogen-bond donors (Lipinski definition) is 0. The molecule has 0 N–H and O–H groups in total. The molecule has 0 saturated carbocycles. The summed E-state index contributed by atoms with van der Waals surface area (Å²) in [5, 5.41) is 26.9. The summed E-state index contributed by atoms with van der Waals surface area (Å²) in [7, 11) is 1.35. The van der Waals surface area contributed by atoms with E-state index in [0.29, 0.717) is 0 Å². The van der Waals surface area contributed by atoms with Crippen LogP contribution in [-0.2, 0) is 0 Å². The van der Waals surface area contributed by atoms with Gasteiger partial charge in [-0.05, 0) is 12.1 Å². The maximum absolute atomic E-state index is 10.7. The highest BCUT2D eigenvalue weighted by Crippen LogP contribution is 2.34. The van der Waals surface area contributed by atoms with Crippen LogP contribution in [0.5, 0.6) is 17.4 Å². The smallest absolute Gasteiger partial charge is 0.273 e. The highest BCUT2D eigenvalue weighted by atomic mass is 16.6. The van der Waals surface area contributed by atoms with Gasteiger partial charge in [0, 0.05) is 6.07 Å². The van der Waals surface area contributed by atoms with Crippen LogP contribution in [0, 0.1) is 21.4 Å². The van der Waals surface area contributed by atoms with Crippen LogP contribution in [-0.4, -0.2) is 22.2 Å². The molecule has 8 nitrogen and oxygen atoms in total. The molecule has 0 aliphatic rings. The molecule has 8 heteroatoms. The Bertz CT molecular complexity index is 696. The van der Waals surface area contributed by atoms with Crippen molar-refractivity contribution in [3.63, 3.8) is 0 Å². The van der Waals surface area contributed by atoms with Gasteiger partial charge in [0.25, 0.3) is 11.6 Å². The molecule has 0 aliphatic carbocycles. The Labute approximate surface area is 113 Å². The first kappa shape index (κ1) is 13.2. The quantitative estimate of drug-likeness (QED) is 0.618. The van der Waals surface area contributed by atoms with E-state index in [0.717, 1.165) is 0 Å². The third-order valence-electron chi connectivity index (χ3n) is 2.37. The van der Waals surface area contributed by atoms with Gasteiger partial charge in [0.1, 0.15) is 11.6 Å². The molecule has 1 heterocycles. The molecule has 1 aromatic heterocycles. The van der Waals surface area contributed by atoms with E-state index in [1.54, 1.807) is 0 Å². The molecule has 0 amide bonds. The summed E-state index contributed by atoms with van der Waals surface area (Å²) < 4.78 is 10.4. The van der Waals surface area contributed by atoms with E-state index < -0.39 is 4.92 Å². The number of methoxy groups -OCH3 is 1. The monoisotopic (exact) mass is 272 g/mol. The summed E-state index contributed by atoms with van der Waals surface area (Å²) in [5.74, 6) is 0.367. The van der Waals surface area contributed by atoms with Gasteiger partial charge < -0.3 is 9.47 Å². The van der Waals surface area contributed by atoms with Crippen molar-refractivity contribution >= 4 is 5.69 Å². The molecule has 0 bridgehead atoms. The lowest BCUT2D eigenvalue weighted by atomic mass is 10.2. The van der Waals surface area contributed by atoms with Crippen LogP contribution in [0.15, 0.2) is 30.5 Å².